The van der Waals surface area contributed by atoms with Gasteiger partial charge in [0.25, 0.3) is 5.71 Å². The first kappa shape index (κ1) is 15.5. The minimum Gasteiger partial charge on any atom is -0.336 e. The number of pyridine rings is 1. The van der Waals surface area contributed by atoms with Gasteiger partial charge < -0.3 is 4.52 Å². The second kappa shape index (κ2) is 5.83. The quantitative estimate of drug-likeness (QED) is 0.771. The zero-order valence-electron chi connectivity index (χ0n) is 13.2. The third kappa shape index (κ3) is 2.58. The molecular formula is C16H18N4O3S. The van der Waals surface area contributed by atoms with Crippen LogP contribution in [0.15, 0.2) is 21.7 Å². The highest BCUT2D eigenvalue weighted by Crippen LogP contribution is 2.42. The number of sulfonamides is 1. The smallest absolute Gasteiger partial charge is 0.258 e. The number of hydrogen-bond acceptors (Lipinski definition) is 6. The van der Waals surface area contributed by atoms with E-state index in [4.69, 9.17) is 9.78 Å². The molecule has 2 aliphatic rings. The largest absolute Gasteiger partial charge is 0.336 e. The van der Waals surface area contributed by atoms with Gasteiger partial charge in [0.1, 0.15) is 11.4 Å². The van der Waals surface area contributed by atoms with E-state index in [0.717, 1.165) is 44.2 Å². The molecule has 8 heteroatoms. The van der Waals surface area contributed by atoms with Gasteiger partial charge in [0, 0.05) is 12.0 Å². The fourth-order valence-electron chi connectivity index (χ4n) is 3.43. The minimum absolute atomic E-state index is 0.101. The molecule has 0 saturated heterocycles. The van der Waals surface area contributed by atoms with Crippen LogP contribution >= 0.6 is 0 Å². The van der Waals surface area contributed by atoms with Crippen molar-refractivity contribution in [3.05, 3.63) is 18.0 Å². The lowest BCUT2D eigenvalue weighted by molar-refractivity contribution is 0.350. The third-order valence-corrected chi connectivity index (χ3v) is 6.73. The van der Waals surface area contributed by atoms with Gasteiger partial charge in [-0.3, -0.25) is 0 Å². The number of rotatable bonds is 5. The average Bonchev–Trinajstić information content (AvgIpc) is 3.12. The SMILES string of the molecule is N#CCN(C1CCCC1)S(=O)(=O)c1cnc2onc(C3CC3)c2c1. The summed E-state index contributed by atoms with van der Waals surface area (Å²) in [6, 6.07) is 3.49. The highest BCUT2D eigenvalue weighted by Gasteiger charge is 2.35. The average molecular weight is 346 g/mol. The molecule has 0 atom stereocenters. The Morgan fingerprint density at radius 2 is 2.04 bits per heavy atom. The van der Waals surface area contributed by atoms with Crippen molar-refractivity contribution in [1.29, 1.82) is 5.26 Å². The van der Waals surface area contributed by atoms with Crippen molar-refractivity contribution in [2.24, 2.45) is 0 Å². The van der Waals surface area contributed by atoms with Gasteiger partial charge in [-0.2, -0.15) is 9.57 Å². The molecule has 4 rings (SSSR count). The van der Waals surface area contributed by atoms with Gasteiger partial charge >= 0.3 is 0 Å². The second-order valence-corrected chi connectivity index (χ2v) is 8.40. The number of nitriles is 1. The molecule has 0 spiro atoms. The van der Waals surface area contributed by atoms with E-state index in [2.05, 4.69) is 10.1 Å². The van der Waals surface area contributed by atoms with Crippen LogP contribution in [0.5, 0.6) is 0 Å². The summed E-state index contributed by atoms with van der Waals surface area (Å²) >= 11 is 0. The van der Waals surface area contributed by atoms with Crippen LogP contribution in [0.1, 0.15) is 50.1 Å². The van der Waals surface area contributed by atoms with Gasteiger partial charge in [0.15, 0.2) is 0 Å². The molecule has 7 nitrogen and oxygen atoms in total. The van der Waals surface area contributed by atoms with E-state index in [0.29, 0.717) is 17.0 Å². The molecule has 0 N–H and O–H groups in total. The number of aromatic nitrogens is 2. The molecule has 0 bridgehead atoms. The number of hydrogen-bond donors (Lipinski definition) is 0. The Labute approximate surface area is 140 Å². The minimum atomic E-state index is -3.76. The Balaban J connectivity index is 1.75. The molecule has 24 heavy (non-hydrogen) atoms. The van der Waals surface area contributed by atoms with Crippen LogP contribution in [0.25, 0.3) is 11.1 Å². The standard InChI is InChI=1S/C16H18N4O3S/c17-7-8-20(12-3-1-2-4-12)24(21,22)13-9-14-15(11-5-6-11)19-23-16(14)18-10-13/h9-12H,1-6,8H2. The summed E-state index contributed by atoms with van der Waals surface area (Å²) in [5.41, 5.74) is 1.16. The van der Waals surface area contributed by atoms with E-state index < -0.39 is 10.0 Å². The maximum atomic E-state index is 13.1. The first-order valence-corrected chi connectivity index (χ1v) is 9.69. The number of nitrogens with zero attached hydrogens (tertiary/aromatic N) is 4. The van der Waals surface area contributed by atoms with Crippen LogP contribution in [0, 0.1) is 11.3 Å². The molecule has 2 aromatic heterocycles. The topological polar surface area (TPSA) is 100 Å². The maximum Gasteiger partial charge on any atom is 0.258 e. The molecule has 126 valence electrons. The van der Waals surface area contributed by atoms with E-state index >= 15 is 0 Å². The zero-order chi connectivity index (χ0) is 16.7. The van der Waals surface area contributed by atoms with Crippen molar-refractivity contribution in [2.75, 3.05) is 6.54 Å². The fraction of sp³-hybridized carbons (Fsp3) is 0.562. The third-order valence-electron chi connectivity index (χ3n) is 4.86. The monoisotopic (exact) mass is 346 g/mol. The van der Waals surface area contributed by atoms with Gasteiger partial charge in [-0.15, -0.1) is 0 Å². The van der Waals surface area contributed by atoms with E-state index in [-0.39, 0.29) is 17.5 Å². The van der Waals surface area contributed by atoms with Crippen LogP contribution in [0.4, 0.5) is 0 Å². The Hall–Kier alpha value is -1.98. The predicted octanol–water partition coefficient (Wildman–Crippen LogP) is 2.56. The summed E-state index contributed by atoms with van der Waals surface area (Å²) in [6.07, 6.45) is 6.99. The molecule has 2 heterocycles. The summed E-state index contributed by atoms with van der Waals surface area (Å²) in [5.74, 6) is 0.344. The van der Waals surface area contributed by atoms with Crippen molar-refractivity contribution in [3.63, 3.8) is 0 Å². The summed E-state index contributed by atoms with van der Waals surface area (Å²) in [6.45, 7) is -0.135. The molecule has 2 aliphatic carbocycles. The van der Waals surface area contributed by atoms with Crippen molar-refractivity contribution >= 4 is 21.1 Å². The van der Waals surface area contributed by atoms with E-state index in [1.54, 1.807) is 6.07 Å². The van der Waals surface area contributed by atoms with Crippen molar-refractivity contribution < 1.29 is 12.9 Å². The van der Waals surface area contributed by atoms with Crippen LogP contribution in [-0.2, 0) is 10.0 Å². The van der Waals surface area contributed by atoms with Crippen molar-refractivity contribution in [2.45, 2.75) is 55.4 Å². The van der Waals surface area contributed by atoms with Gasteiger partial charge in [-0.25, -0.2) is 13.4 Å². The molecule has 0 radical (unpaired) electrons. The van der Waals surface area contributed by atoms with Crippen LogP contribution in [0.3, 0.4) is 0 Å². The Bertz CT molecular complexity index is 905. The lowest BCUT2D eigenvalue weighted by Crippen LogP contribution is -2.39. The highest BCUT2D eigenvalue weighted by atomic mass is 32.2. The fourth-order valence-corrected chi connectivity index (χ4v) is 4.99. The highest BCUT2D eigenvalue weighted by molar-refractivity contribution is 7.89. The summed E-state index contributed by atoms with van der Waals surface area (Å²) in [4.78, 5) is 4.24. The Morgan fingerprint density at radius 3 is 2.71 bits per heavy atom. The van der Waals surface area contributed by atoms with Gasteiger partial charge in [-0.1, -0.05) is 18.0 Å². The van der Waals surface area contributed by atoms with Gasteiger partial charge in [-0.05, 0) is 31.7 Å². The molecule has 2 aromatic rings. The van der Waals surface area contributed by atoms with E-state index in [1.165, 1.54) is 10.5 Å². The number of fused-ring (bicyclic) bond motifs is 1. The van der Waals surface area contributed by atoms with Gasteiger partial charge in [0.05, 0.1) is 23.3 Å². The lowest BCUT2D eigenvalue weighted by atomic mass is 10.2. The molecule has 0 aliphatic heterocycles. The maximum absolute atomic E-state index is 13.1. The van der Waals surface area contributed by atoms with Crippen LogP contribution in [0.2, 0.25) is 0 Å². The Morgan fingerprint density at radius 1 is 1.29 bits per heavy atom. The van der Waals surface area contributed by atoms with Gasteiger partial charge in [0.2, 0.25) is 10.0 Å². The molecule has 0 unspecified atom stereocenters. The zero-order valence-corrected chi connectivity index (χ0v) is 14.0. The first-order valence-electron chi connectivity index (χ1n) is 8.25. The first-order chi connectivity index (χ1) is 11.6. The molecule has 0 aromatic carbocycles. The molecule has 2 saturated carbocycles. The summed E-state index contributed by atoms with van der Waals surface area (Å²) in [7, 11) is -3.76. The van der Waals surface area contributed by atoms with Crippen molar-refractivity contribution in [3.8, 4) is 6.07 Å². The summed E-state index contributed by atoms with van der Waals surface area (Å²) in [5, 5.41) is 13.8. The molecule has 2 fully saturated rings. The van der Waals surface area contributed by atoms with Crippen LogP contribution in [-0.4, -0.2) is 35.5 Å². The normalized spacial score (nSPS) is 19.2. The molecular weight excluding hydrogens is 328 g/mol. The van der Waals surface area contributed by atoms with E-state index in [1.807, 2.05) is 6.07 Å². The lowest BCUT2D eigenvalue weighted by Gasteiger charge is -2.25. The molecule has 0 amide bonds. The van der Waals surface area contributed by atoms with E-state index in [9.17, 15) is 8.42 Å². The van der Waals surface area contributed by atoms with Crippen molar-refractivity contribution in [1.82, 2.24) is 14.4 Å². The van der Waals surface area contributed by atoms with Crippen LogP contribution < -0.4 is 0 Å². The summed E-state index contributed by atoms with van der Waals surface area (Å²) < 4.78 is 32.6. The second-order valence-electron chi connectivity index (χ2n) is 6.51. The predicted molar refractivity (Wildman–Crippen MR) is 85.5 cm³/mol. The Kier molecular flexibility index (Phi) is 3.77.